The summed E-state index contributed by atoms with van der Waals surface area (Å²) < 4.78 is 5.69. The lowest BCUT2D eigenvalue weighted by Gasteiger charge is -2.07. The largest absolute Gasteiger partial charge is 0.493 e. The second-order valence-electron chi connectivity index (χ2n) is 7.44. The number of amides is 2. The fourth-order valence-corrected chi connectivity index (χ4v) is 4.83. The number of aromatic nitrogens is 2. The predicted octanol–water partition coefficient (Wildman–Crippen LogP) is 5.15. The molecule has 0 aliphatic heterocycles. The van der Waals surface area contributed by atoms with Gasteiger partial charge in [0.25, 0.3) is 0 Å². The number of carbonyl (C=O) groups is 2. The molecule has 0 radical (unpaired) electrons. The van der Waals surface area contributed by atoms with Gasteiger partial charge in [0.15, 0.2) is 5.13 Å². The van der Waals surface area contributed by atoms with Crippen LogP contribution in [0, 0.1) is 0 Å². The Morgan fingerprint density at radius 1 is 1.00 bits per heavy atom. The number of para-hydroxylation sites is 1. The molecular formula is C25H24N4O3S2. The van der Waals surface area contributed by atoms with Gasteiger partial charge in [0, 0.05) is 29.8 Å². The number of rotatable bonds is 9. The first kappa shape index (κ1) is 23.6. The number of anilines is 1. The van der Waals surface area contributed by atoms with Crippen molar-refractivity contribution in [3.8, 4) is 27.6 Å². The van der Waals surface area contributed by atoms with E-state index >= 15 is 0 Å². The first-order valence-electron chi connectivity index (χ1n) is 10.8. The Morgan fingerprint density at radius 3 is 2.56 bits per heavy atom. The molecule has 0 atom stereocenters. The van der Waals surface area contributed by atoms with Gasteiger partial charge < -0.3 is 15.4 Å². The zero-order valence-corrected chi connectivity index (χ0v) is 20.5. The lowest BCUT2D eigenvalue weighted by atomic mass is 10.1. The molecule has 0 saturated carbocycles. The first-order chi connectivity index (χ1) is 16.5. The Morgan fingerprint density at radius 2 is 1.79 bits per heavy atom. The Labute approximate surface area is 205 Å². The van der Waals surface area contributed by atoms with Crippen molar-refractivity contribution in [2.75, 3.05) is 11.9 Å². The minimum absolute atomic E-state index is 0.0619. The van der Waals surface area contributed by atoms with E-state index in [1.165, 1.54) is 29.6 Å². The number of ether oxygens (including phenoxy) is 1. The molecule has 0 bridgehead atoms. The van der Waals surface area contributed by atoms with Crippen LogP contribution in [0.15, 0.2) is 59.3 Å². The highest BCUT2D eigenvalue weighted by molar-refractivity contribution is 7.14. The zero-order chi connectivity index (χ0) is 23.9. The van der Waals surface area contributed by atoms with E-state index in [9.17, 15) is 9.59 Å². The van der Waals surface area contributed by atoms with Crippen molar-refractivity contribution in [3.63, 3.8) is 0 Å². The van der Waals surface area contributed by atoms with Crippen LogP contribution in [0.1, 0.15) is 25.1 Å². The number of thiazole rings is 2. The van der Waals surface area contributed by atoms with E-state index in [2.05, 4.69) is 20.6 Å². The highest BCUT2D eigenvalue weighted by Gasteiger charge is 2.14. The van der Waals surface area contributed by atoms with E-state index in [1.807, 2.05) is 66.2 Å². The molecule has 7 nitrogen and oxygen atoms in total. The van der Waals surface area contributed by atoms with E-state index in [4.69, 9.17) is 4.74 Å². The zero-order valence-electron chi connectivity index (χ0n) is 18.8. The second-order valence-corrected chi connectivity index (χ2v) is 9.16. The quantitative estimate of drug-likeness (QED) is 0.337. The predicted molar refractivity (Wildman–Crippen MR) is 136 cm³/mol. The topological polar surface area (TPSA) is 93.2 Å². The molecule has 174 valence electrons. The Bertz CT molecular complexity index is 1280. The number of hydrogen-bond acceptors (Lipinski definition) is 7. The van der Waals surface area contributed by atoms with E-state index in [0.717, 1.165) is 33.1 Å². The normalized spacial score (nSPS) is 10.6. The van der Waals surface area contributed by atoms with Gasteiger partial charge in [0.05, 0.1) is 30.0 Å². The van der Waals surface area contributed by atoms with Crippen molar-refractivity contribution in [2.24, 2.45) is 0 Å². The lowest BCUT2D eigenvalue weighted by molar-refractivity contribution is -0.119. The van der Waals surface area contributed by atoms with Gasteiger partial charge in [-0.3, -0.25) is 9.59 Å². The van der Waals surface area contributed by atoms with Crippen molar-refractivity contribution in [1.29, 1.82) is 0 Å². The fraction of sp³-hybridized carbons (Fsp3) is 0.200. The highest BCUT2D eigenvalue weighted by Crippen LogP contribution is 2.32. The Hall–Kier alpha value is -3.56. The average molecular weight is 493 g/mol. The molecule has 0 spiro atoms. The number of carbonyl (C=O) groups excluding carboxylic acids is 2. The summed E-state index contributed by atoms with van der Waals surface area (Å²) in [5, 5.41) is 10.8. The minimum Gasteiger partial charge on any atom is -0.493 e. The fourth-order valence-electron chi connectivity index (χ4n) is 3.25. The van der Waals surface area contributed by atoms with Gasteiger partial charge in [0.1, 0.15) is 10.8 Å². The van der Waals surface area contributed by atoms with Crippen molar-refractivity contribution in [3.05, 3.63) is 70.5 Å². The molecule has 2 amide bonds. The molecule has 9 heteroatoms. The summed E-state index contributed by atoms with van der Waals surface area (Å²) in [6.07, 6.45) is 0.167. The molecule has 0 saturated heterocycles. The van der Waals surface area contributed by atoms with Crippen LogP contribution in [0.2, 0.25) is 0 Å². The summed E-state index contributed by atoms with van der Waals surface area (Å²) in [6, 6.07) is 15.6. The van der Waals surface area contributed by atoms with Crippen LogP contribution in [0.4, 0.5) is 5.13 Å². The van der Waals surface area contributed by atoms with Gasteiger partial charge in [-0.2, -0.15) is 0 Å². The van der Waals surface area contributed by atoms with Crippen LogP contribution in [-0.4, -0.2) is 28.4 Å². The van der Waals surface area contributed by atoms with Crippen LogP contribution in [0.5, 0.6) is 5.75 Å². The molecule has 0 aliphatic rings. The maximum atomic E-state index is 12.6. The van der Waals surface area contributed by atoms with Crippen molar-refractivity contribution in [1.82, 2.24) is 15.3 Å². The summed E-state index contributed by atoms with van der Waals surface area (Å²) in [5.74, 6) is 0.559. The molecule has 2 N–H and O–H groups in total. The molecule has 4 aromatic rings. The number of benzene rings is 2. The van der Waals surface area contributed by atoms with Gasteiger partial charge in [-0.25, -0.2) is 9.97 Å². The van der Waals surface area contributed by atoms with Crippen LogP contribution in [-0.2, 0) is 22.6 Å². The summed E-state index contributed by atoms with van der Waals surface area (Å²) >= 11 is 2.87. The minimum atomic E-state index is -0.165. The first-order valence-corrected chi connectivity index (χ1v) is 12.5. The third kappa shape index (κ3) is 6.06. The summed E-state index contributed by atoms with van der Waals surface area (Å²) in [4.78, 5) is 32.8. The van der Waals surface area contributed by atoms with Gasteiger partial charge in [0.2, 0.25) is 11.8 Å². The maximum Gasteiger partial charge on any atom is 0.232 e. The molecule has 2 aromatic heterocycles. The highest BCUT2D eigenvalue weighted by atomic mass is 32.1. The molecular weight excluding hydrogens is 468 g/mol. The Kier molecular flexibility index (Phi) is 7.66. The second kappa shape index (κ2) is 11.0. The molecule has 2 aromatic carbocycles. The van der Waals surface area contributed by atoms with Gasteiger partial charge >= 0.3 is 0 Å². The molecule has 2 heterocycles. The lowest BCUT2D eigenvalue weighted by Crippen LogP contribution is -2.18. The van der Waals surface area contributed by atoms with Crippen molar-refractivity contribution in [2.45, 2.75) is 26.8 Å². The van der Waals surface area contributed by atoms with Crippen LogP contribution >= 0.6 is 22.7 Å². The standard InChI is InChI=1S/C25H24N4O3S2/c1-3-32-22-7-5-4-6-20(22)24-27-19(14-33-24)12-23(31)29-25-28-21(15-34-25)18-10-8-17(9-11-18)13-26-16(2)30/h4-11,14-15H,3,12-13H2,1-2H3,(H,26,30)(H,28,29,31). The summed E-state index contributed by atoms with van der Waals surface area (Å²) in [6.45, 7) is 4.51. The summed E-state index contributed by atoms with van der Waals surface area (Å²) in [5.41, 5.74) is 4.37. The van der Waals surface area contributed by atoms with Crippen LogP contribution < -0.4 is 15.4 Å². The third-order valence-corrected chi connectivity index (χ3v) is 6.53. The van der Waals surface area contributed by atoms with Crippen LogP contribution in [0.3, 0.4) is 0 Å². The third-order valence-electron chi connectivity index (χ3n) is 4.85. The van der Waals surface area contributed by atoms with E-state index in [0.29, 0.717) is 24.0 Å². The molecule has 0 unspecified atom stereocenters. The maximum absolute atomic E-state index is 12.6. The number of nitrogens with one attached hydrogen (secondary N) is 2. The van der Waals surface area contributed by atoms with E-state index < -0.39 is 0 Å². The monoisotopic (exact) mass is 492 g/mol. The smallest absolute Gasteiger partial charge is 0.232 e. The molecule has 0 fully saturated rings. The Balaban J connectivity index is 1.36. The number of nitrogens with zero attached hydrogens (tertiary/aromatic N) is 2. The van der Waals surface area contributed by atoms with Crippen LogP contribution in [0.25, 0.3) is 21.8 Å². The molecule has 4 rings (SSSR count). The summed E-state index contributed by atoms with van der Waals surface area (Å²) in [7, 11) is 0. The van der Waals surface area contributed by atoms with E-state index in [1.54, 1.807) is 0 Å². The van der Waals surface area contributed by atoms with E-state index in [-0.39, 0.29) is 18.2 Å². The number of hydrogen-bond donors (Lipinski definition) is 2. The van der Waals surface area contributed by atoms with Gasteiger partial charge in [-0.05, 0) is 24.6 Å². The van der Waals surface area contributed by atoms with Gasteiger partial charge in [-0.15, -0.1) is 22.7 Å². The van der Waals surface area contributed by atoms with Crippen molar-refractivity contribution >= 4 is 39.6 Å². The SMILES string of the molecule is CCOc1ccccc1-c1nc(CC(=O)Nc2nc(-c3ccc(CNC(C)=O)cc3)cs2)cs1. The molecule has 34 heavy (non-hydrogen) atoms. The van der Waals surface area contributed by atoms with Crippen molar-refractivity contribution < 1.29 is 14.3 Å². The molecule has 0 aliphatic carbocycles. The van der Waals surface area contributed by atoms with Gasteiger partial charge in [-0.1, -0.05) is 36.4 Å². The average Bonchev–Trinajstić information content (AvgIpc) is 3.48.